The second kappa shape index (κ2) is 12.3. The molecule has 226 valence electrons. The molecule has 11 heteroatoms. The van der Waals surface area contributed by atoms with E-state index in [1.807, 2.05) is 12.1 Å². The third-order valence-electron chi connectivity index (χ3n) is 7.21. The Kier molecular flexibility index (Phi) is 7.89. The van der Waals surface area contributed by atoms with Crippen LogP contribution in [-0.2, 0) is 6.61 Å². The molecule has 0 radical (unpaired) electrons. The minimum absolute atomic E-state index is 0.210. The summed E-state index contributed by atoms with van der Waals surface area (Å²) in [4.78, 5) is 33.7. The molecule has 45 heavy (non-hydrogen) atoms. The minimum atomic E-state index is -0.266. The van der Waals surface area contributed by atoms with E-state index in [1.165, 1.54) is 6.33 Å². The number of furan rings is 1. The topological polar surface area (TPSA) is 151 Å². The van der Waals surface area contributed by atoms with Gasteiger partial charge >= 0.3 is 0 Å². The summed E-state index contributed by atoms with van der Waals surface area (Å²) in [7, 11) is 3.12. The third kappa shape index (κ3) is 5.91. The smallest absolute Gasteiger partial charge is 0.255 e. The molecule has 6 rings (SSSR count). The number of amides is 2. The van der Waals surface area contributed by atoms with Crippen molar-refractivity contribution in [2.75, 3.05) is 25.2 Å². The van der Waals surface area contributed by atoms with E-state index in [0.29, 0.717) is 73.3 Å². The van der Waals surface area contributed by atoms with Crippen LogP contribution in [0.4, 0.5) is 11.4 Å². The van der Waals surface area contributed by atoms with Crippen molar-refractivity contribution in [3.63, 3.8) is 0 Å². The molecule has 4 N–H and O–H groups in total. The predicted molar refractivity (Wildman–Crippen MR) is 170 cm³/mol. The van der Waals surface area contributed by atoms with Crippen molar-refractivity contribution < 1.29 is 28.2 Å². The summed E-state index contributed by atoms with van der Waals surface area (Å²) in [5.41, 5.74) is 9.89. The molecule has 0 saturated heterocycles. The second-order valence-electron chi connectivity index (χ2n) is 10.1. The van der Waals surface area contributed by atoms with Crippen molar-refractivity contribution >= 4 is 45.1 Å². The molecule has 0 spiro atoms. The third-order valence-corrected chi connectivity index (χ3v) is 7.21. The molecule has 11 nitrogen and oxygen atoms in total. The highest BCUT2D eigenvalue weighted by Gasteiger charge is 2.19. The van der Waals surface area contributed by atoms with E-state index < -0.39 is 0 Å². The van der Waals surface area contributed by atoms with E-state index in [4.69, 9.17) is 24.4 Å². The van der Waals surface area contributed by atoms with Gasteiger partial charge in [-0.15, -0.1) is 0 Å². The zero-order valence-corrected chi connectivity index (χ0v) is 24.7. The Morgan fingerprint density at radius 1 is 0.911 bits per heavy atom. The number of benzene rings is 4. The van der Waals surface area contributed by atoms with Crippen LogP contribution in [0.1, 0.15) is 32.0 Å². The first-order valence-corrected chi connectivity index (χ1v) is 14.0. The number of methoxy groups -OCH3 is 1. The minimum Gasteiger partial charge on any atom is -0.493 e. The summed E-state index contributed by atoms with van der Waals surface area (Å²) in [6, 6.07) is 22.9. The molecule has 2 aromatic heterocycles. The zero-order valence-electron chi connectivity index (χ0n) is 24.7. The van der Waals surface area contributed by atoms with Crippen LogP contribution in [0.3, 0.4) is 0 Å². The molecule has 0 unspecified atom stereocenters. The van der Waals surface area contributed by atoms with Gasteiger partial charge in [-0.3, -0.25) is 9.59 Å². The monoisotopic (exact) mass is 603 g/mol. The van der Waals surface area contributed by atoms with Crippen LogP contribution in [0.25, 0.3) is 21.9 Å². The van der Waals surface area contributed by atoms with Gasteiger partial charge in [0.25, 0.3) is 11.8 Å². The molecule has 0 aliphatic heterocycles. The van der Waals surface area contributed by atoms with E-state index in [9.17, 15) is 9.59 Å². The lowest BCUT2D eigenvalue weighted by molar-refractivity contribution is 0.0962. The number of hydrogen-bond donors (Lipinski definition) is 3. The molecule has 4 aromatic carbocycles. The average molecular weight is 604 g/mol. The Bertz CT molecular complexity index is 2060. The number of fused-ring (bicyclic) bond motifs is 2. The number of carbonyl (C=O) groups excluding carboxylic acids is 2. The van der Waals surface area contributed by atoms with Crippen LogP contribution in [0.15, 0.2) is 89.6 Å². The van der Waals surface area contributed by atoms with Crippen LogP contribution in [0, 0.1) is 6.92 Å². The first kappa shape index (κ1) is 29.0. The number of nitrogen functional groups attached to an aromatic ring is 1. The van der Waals surface area contributed by atoms with Gasteiger partial charge in [0, 0.05) is 30.1 Å². The highest BCUT2D eigenvalue weighted by atomic mass is 16.5. The van der Waals surface area contributed by atoms with Crippen LogP contribution < -0.4 is 30.6 Å². The van der Waals surface area contributed by atoms with Gasteiger partial charge in [-0.2, -0.15) is 0 Å². The van der Waals surface area contributed by atoms with E-state index in [-0.39, 0.29) is 18.4 Å². The Morgan fingerprint density at radius 2 is 1.71 bits per heavy atom. The number of aromatic nitrogens is 2. The fourth-order valence-electron chi connectivity index (χ4n) is 4.89. The molecule has 0 aliphatic carbocycles. The van der Waals surface area contributed by atoms with Crippen molar-refractivity contribution in [3.8, 4) is 23.1 Å². The van der Waals surface area contributed by atoms with Gasteiger partial charge in [-0.1, -0.05) is 24.3 Å². The number of nitrogens with two attached hydrogens (primary N) is 1. The van der Waals surface area contributed by atoms with Crippen molar-refractivity contribution in [2.24, 2.45) is 0 Å². The number of hydrogen-bond acceptors (Lipinski definition) is 9. The fourth-order valence-corrected chi connectivity index (χ4v) is 4.89. The van der Waals surface area contributed by atoms with Gasteiger partial charge in [0.15, 0.2) is 11.5 Å². The van der Waals surface area contributed by atoms with E-state index in [0.717, 1.165) is 5.56 Å². The Balaban J connectivity index is 1.21. The van der Waals surface area contributed by atoms with E-state index in [2.05, 4.69) is 20.6 Å². The molecule has 0 aliphatic rings. The molecule has 0 bridgehead atoms. The first-order valence-electron chi connectivity index (χ1n) is 14.0. The lowest BCUT2D eigenvalue weighted by Gasteiger charge is -2.14. The van der Waals surface area contributed by atoms with Crippen LogP contribution >= 0.6 is 0 Å². The Labute approximate surface area is 257 Å². The quantitative estimate of drug-likeness (QED) is 0.163. The lowest BCUT2D eigenvalue weighted by atomic mass is 10.1. The number of carbonyl (C=O) groups is 2. The molecule has 6 aromatic rings. The second-order valence-corrected chi connectivity index (χ2v) is 10.1. The molecule has 2 amide bonds. The maximum atomic E-state index is 12.7. The normalized spacial score (nSPS) is 10.9. The fraction of sp³-hybridized carbons (Fsp3) is 0.118. The zero-order chi connectivity index (χ0) is 31.5. The summed E-state index contributed by atoms with van der Waals surface area (Å²) >= 11 is 0. The van der Waals surface area contributed by atoms with Gasteiger partial charge in [0.1, 0.15) is 30.0 Å². The van der Waals surface area contributed by atoms with Crippen LogP contribution in [0.5, 0.6) is 23.1 Å². The Morgan fingerprint density at radius 3 is 2.47 bits per heavy atom. The Hall–Kier alpha value is -6.10. The number of rotatable bonds is 9. The summed E-state index contributed by atoms with van der Waals surface area (Å²) in [6.07, 6.45) is 1.40. The lowest BCUT2D eigenvalue weighted by Crippen LogP contribution is -2.18. The number of nitrogens with one attached hydrogen (secondary N) is 2. The van der Waals surface area contributed by atoms with Crippen LogP contribution in [-0.4, -0.2) is 35.9 Å². The number of nitrogens with zero attached hydrogens (tertiary/aromatic N) is 2. The summed E-state index contributed by atoms with van der Waals surface area (Å²) in [6.45, 7) is 1.95. The number of anilines is 2. The summed E-state index contributed by atoms with van der Waals surface area (Å²) < 4.78 is 23.7. The first-order chi connectivity index (χ1) is 21.8. The average Bonchev–Trinajstić information content (AvgIpc) is 3.39. The highest BCUT2D eigenvalue weighted by Crippen LogP contribution is 2.37. The highest BCUT2D eigenvalue weighted by molar-refractivity contribution is 6.07. The van der Waals surface area contributed by atoms with Gasteiger partial charge in [0.2, 0.25) is 5.88 Å². The van der Waals surface area contributed by atoms with Gasteiger partial charge in [0.05, 0.1) is 35.0 Å². The molecule has 2 heterocycles. The van der Waals surface area contributed by atoms with Gasteiger partial charge < -0.3 is 35.0 Å². The predicted octanol–water partition coefficient (Wildman–Crippen LogP) is 6.26. The molecule has 0 saturated carbocycles. The van der Waals surface area contributed by atoms with Gasteiger partial charge in [-0.05, 0) is 55.0 Å². The largest absolute Gasteiger partial charge is 0.493 e. The van der Waals surface area contributed by atoms with Crippen LogP contribution in [0.2, 0.25) is 0 Å². The van der Waals surface area contributed by atoms with Crippen molar-refractivity contribution in [1.82, 2.24) is 15.3 Å². The summed E-state index contributed by atoms with van der Waals surface area (Å²) in [5, 5.41) is 6.74. The maximum Gasteiger partial charge on any atom is 0.255 e. The maximum absolute atomic E-state index is 12.7. The molecular weight excluding hydrogens is 574 g/mol. The number of ether oxygens (including phenoxy) is 3. The summed E-state index contributed by atoms with van der Waals surface area (Å²) in [5.74, 6) is 1.73. The molecule has 0 fully saturated rings. The van der Waals surface area contributed by atoms with Crippen molar-refractivity contribution in [2.45, 2.75) is 13.5 Å². The number of para-hydroxylation sites is 2. The van der Waals surface area contributed by atoms with E-state index >= 15 is 0 Å². The van der Waals surface area contributed by atoms with E-state index in [1.54, 1.807) is 87.8 Å². The molecule has 0 atom stereocenters. The van der Waals surface area contributed by atoms with Crippen molar-refractivity contribution in [1.29, 1.82) is 0 Å². The molecular formula is C34H29N5O6. The van der Waals surface area contributed by atoms with Gasteiger partial charge in [-0.25, -0.2) is 9.97 Å². The van der Waals surface area contributed by atoms with Crippen molar-refractivity contribution in [3.05, 3.63) is 108 Å². The standard InChI is InChI=1S/C34H29N5O6/c1-19-31(33(41)36-2)23-13-12-22(14-28(23)44-19)45-34-24-15-30(29(42-3)16-27(24)37-18-38-34)43-17-20-8-10-21(11-9-20)32(40)39-26-7-5-4-6-25(26)35/h4-16,18H,17,35H2,1-3H3,(H,36,41)(H,39,40). The SMILES string of the molecule is CNC(=O)c1c(C)oc2cc(Oc3ncnc4cc(OC)c(OCc5ccc(C(=O)Nc6ccccc6N)cc5)cc34)ccc12. The number of aryl methyl sites for hydroxylation is 1.